The quantitative estimate of drug-likeness (QED) is 0.628. The van der Waals surface area contributed by atoms with Gasteiger partial charge in [-0.1, -0.05) is 0 Å². The molecule has 8 heteroatoms. The molecule has 0 unspecified atom stereocenters. The van der Waals surface area contributed by atoms with Crippen LogP contribution in [-0.4, -0.2) is 60.1 Å². The monoisotopic (exact) mass is 365 g/mol. The molecule has 136 valence electrons. The van der Waals surface area contributed by atoms with Crippen LogP contribution in [0.2, 0.25) is 0 Å². The van der Waals surface area contributed by atoms with Crippen LogP contribution in [0.1, 0.15) is 16.9 Å². The molecule has 0 bridgehead atoms. The molecule has 0 aliphatic heterocycles. The number of hydrogen-bond donors (Lipinski definition) is 3. The third-order valence-corrected chi connectivity index (χ3v) is 4.37. The van der Waals surface area contributed by atoms with E-state index in [0.29, 0.717) is 29.3 Å². The Morgan fingerprint density at radius 1 is 1.32 bits per heavy atom. The molecule has 1 aromatic carbocycles. The smallest absolute Gasteiger partial charge is 0.269 e. The molecule has 0 radical (unpaired) electrons. The summed E-state index contributed by atoms with van der Waals surface area (Å²) in [5.74, 6) is 1.79. The lowest BCUT2D eigenvalue weighted by atomic mass is 10.1. The Hall–Kier alpha value is -2.19. The molecule has 2 aromatic rings. The van der Waals surface area contributed by atoms with Gasteiger partial charge in [-0.3, -0.25) is 9.89 Å². The molecule has 0 saturated heterocycles. The number of aromatic amines is 1. The minimum atomic E-state index is -0.292. The minimum Gasteiger partial charge on any atom is -0.493 e. The fraction of sp³-hybridized carbons (Fsp3) is 0.412. The van der Waals surface area contributed by atoms with E-state index in [1.165, 1.54) is 0 Å². The highest BCUT2D eigenvalue weighted by molar-refractivity contribution is 7.98. The van der Waals surface area contributed by atoms with Gasteiger partial charge >= 0.3 is 0 Å². The second-order valence-corrected chi connectivity index (χ2v) is 6.36. The van der Waals surface area contributed by atoms with Gasteiger partial charge in [0.15, 0.2) is 11.5 Å². The van der Waals surface area contributed by atoms with Crippen LogP contribution >= 0.6 is 11.8 Å². The van der Waals surface area contributed by atoms with Crippen LogP contribution in [0.25, 0.3) is 11.3 Å². The second kappa shape index (κ2) is 9.33. The van der Waals surface area contributed by atoms with Gasteiger partial charge in [0, 0.05) is 5.56 Å². The van der Waals surface area contributed by atoms with E-state index in [4.69, 9.17) is 9.47 Å². The van der Waals surface area contributed by atoms with Crippen molar-refractivity contribution in [3.63, 3.8) is 0 Å². The Bertz CT molecular complexity index is 705. The normalized spacial score (nSPS) is 11.8. The maximum Gasteiger partial charge on any atom is 0.269 e. The number of carbonyl (C=O) groups excluding carboxylic acids is 1. The van der Waals surface area contributed by atoms with E-state index < -0.39 is 0 Å². The Kier molecular flexibility index (Phi) is 7.15. The van der Waals surface area contributed by atoms with Crippen molar-refractivity contribution in [1.29, 1.82) is 0 Å². The summed E-state index contributed by atoms with van der Waals surface area (Å²) in [6.45, 7) is -0.0943. The van der Waals surface area contributed by atoms with Crippen LogP contribution in [0.4, 0.5) is 0 Å². The van der Waals surface area contributed by atoms with E-state index in [1.54, 1.807) is 44.2 Å². The maximum atomic E-state index is 12.3. The molecular formula is C17H23N3O4S. The number of aliphatic hydroxyl groups excluding tert-OH is 1. The van der Waals surface area contributed by atoms with Crippen molar-refractivity contribution in [2.75, 3.05) is 32.8 Å². The third kappa shape index (κ3) is 4.90. The number of aliphatic hydroxyl groups is 1. The predicted molar refractivity (Wildman–Crippen MR) is 98.5 cm³/mol. The number of benzene rings is 1. The van der Waals surface area contributed by atoms with Gasteiger partial charge in [0.25, 0.3) is 5.91 Å². The van der Waals surface area contributed by atoms with Crippen molar-refractivity contribution < 1.29 is 19.4 Å². The number of nitrogens with one attached hydrogen (secondary N) is 2. The number of amides is 1. The summed E-state index contributed by atoms with van der Waals surface area (Å²) in [5, 5.41) is 19.1. The van der Waals surface area contributed by atoms with Gasteiger partial charge in [-0.05, 0) is 42.7 Å². The standard InChI is InChI=1S/C17H23N3O4S/c1-23-15-5-4-11(8-16(15)24-2)13-9-14(20-19-13)17(22)18-12(10-21)6-7-25-3/h4-5,8-9,12,21H,6-7,10H2,1-3H3,(H,18,22)(H,19,20)/t12-/m0/s1. The summed E-state index contributed by atoms with van der Waals surface area (Å²) in [5.41, 5.74) is 1.76. The fourth-order valence-electron chi connectivity index (χ4n) is 2.31. The summed E-state index contributed by atoms with van der Waals surface area (Å²) in [4.78, 5) is 12.3. The Balaban J connectivity index is 2.12. The fourth-order valence-corrected chi connectivity index (χ4v) is 2.83. The highest BCUT2D eigenvalue weighted by Gasteiger charge is 2.16. The van der Waals surface area contributed by atoms with E-state index in [-0.39, 0.29) is 18.6 Å². The van der Waals surface area contributed by atoms with Crippen molar-refractivity contribution in [3.8, 4) is 22.8 Å². The molecule has 1 aromatic heterocycles. The van der Waals surface area contributed by atoms with Crippen LogP contribution in [-0.2, 0) is 0 Å². The first-order valence-electron chi connectivity index (χ1n) is 7.81. The number of hydrogen-bond acceptors (Lipinski definition) is 6. The van der Waals surface area contributed by atoms with Crippen molar-refractivity contribution in [2.45, 2.75) is 12.5 Å². The van der Waals surface area contributed by atoms with Gasteiger partial charge in [0.05, 0.1) is 32.6 Å². The number of nitrogens with zero attached hydrogens (tertiary/aromatic N) is 1. The first-order valence-corrected chi connectivity index (χ1v) is 9.20. The molecule has 3 N–H and O–H groups in total. The van der Waals surface area contributed by atoms with Gasteiger partial charge in [-0.15, -0.1) is 0 Å². The summed E-state index contributed by atoms with van der Waals surface area (Å²) in [7, 11) is 3.14. The number of rotatable bonds is 9. The highest BCUT2D eigenvalue weighted by atomic mass is 32.2. The molecular weight excluding hydrogens is 342 g/mol. The first-order chi connectivity index (χ1) is 12.1. The molecule has 1 heterocycles. The molecule has 2 rings (SSSR count). The van der Waals surface area contributed by atoms with E-state index in [9.17, 15) is 9.90 Å². The van der Waals surface area contributed by atoms with Crippen LogP contribution in [0.5, 0.6) is 11.5 Å². The first kappa shape index (κ1) is 19.1. The maximum absolute atomic E-state index is 12.3. The Labute approximate surface area is 151 Å². The van der Waals surface area contributed by atoms with Crippen molar-refractivity contribution in [2.24, 2.45) is 0 Å². The van der Waals surface area contributed by atoms with Crippen molar-refractivity contribution >= 4 is 17.7 Å². The topological polar surface area (TPSA) is 96.5 Å². The van der Waals surface area contributed by atoms with Gasteiger partial charge in [-0.2, -0.15) is 16.9 Å². The Morgan fingerprint density at radius 2 is 2.08 bits per heavy atom. The van der Waals surface area contributed by atoms with E-state index in [1.807, 2.05) is 12.3 Å². The molecule has 0 saturated carbocycles. The molecule has 0 spiro atoms. The van der Waals surface area contributed by atoms with Crippen LogP contribution in [0.15, 0.2) is 24.3 Å². The number of aromatic nitrogens is 2. The summed E-state index contributed by atoms with van der Waals surface area (Å²) in [6.07, 6.45) is 2.70. The van der Waals surface area contributed by atoms with Crippen LogP contribution < -0.4 is 14.8 Å². The van der Waals surface area contributed by atoms with Gasteiger partial charge in [0.1, 0.15) is 5.69 Å². The summed E-state index contributed by atoms with van der Waals surface area (Å²) >= 11 is 1.67. The lowest BCUT2D eigenvalue weighted by Crippen LogP contribution is -2.38. The number of ether oxygens (including phenoxy) is 2. The number of thioether (sulfide) groups is 1. The van der Waals surface area contributed by atoms with Crippen LogP contribution in [0, 0.1) is 0 Å². The average Bonchev–Trinajstić information content (AvgIpc) is 3.14. The SMILES string of the molecule is COc1ccc(-c2cc(C(=O)N[C@H](CO)CCSC)[nH]n2)cc1OC. The number of methoxy groups -OCH3 is 2. The lowest BCUT2D eigenvalue weighted by molar-refractivity contribution is 0.0910. The predicted octanol–water partition coefficient (Wildman–Crippen LogP) is 1.94. The zero-order valence-electron chi connectivity index (χ0n) is 14.5. The second-order valence-electron chi connectivity index (χ2n) is 5.37. The van der Waals surface area contributed by atoms with E-state index in [0.717, 1.165) is 11.3 Å². The Morgan fingerprint density at radius 3 is 2.72 bits per heavy atom. The van der Waals surface area contributed by atoms with Gasteiger partial charge < -0.3 is 19.9 Å². The average molecular weight is 365 g/mol. The molecule has 0 aliphatic rings. The molecule has 1 atom stereocenters. The van der Waals surface area contributed by atoms with E-state index >= 15 is 0 Å². The third-order valence-electron chi connectivity index (χ3n) is 3.73. The molecule has 1 amide bonds. The zero-order valence-corrected chi connectivity index (χ0v) is 15.4. The highest BCUT2D eigenvalue weighted by Crippen LogP contribution is 2.31. The lowest BCUT2D eigenvalue weighted by Gasteiger charge is -2.14. The zero-order chi connectivity index (χ0) is 18.2. The largest absolute Gasteiger partial charge is 0.493 e. The number of carbonyl (C=O) groups is 1. The van der Waals surface area contributed by atoms with E-state index in [2.05, 4.69) is 15.5 Å². The summed E-state index contributed by atoms with van der Waals surface area (Å²) in [6, 6.07) is 6.82. The molecule has 25 heavy (non-hydrogen) atoms. The van der Waals surface area contributed by atoms with Crippen molar-refractivity contribution in [1.82, 2.24) is 15.5 Å². The minimum absolute atomic E-state index is 0.0943. The molecule has 7 nitrogen and oxygen atoms in total. The van der Waals surface area contributed by atoms with Gasteiger partial charge in [0.2, 0.25) is 0 Å². The summed E-state index contributed by atoms with van der Waals surface area (Å²) < 4.78 is 10.5. The number of H-pyrrole nitrogens is 1. The molecule has 0 aliphatic carbocycles. The van der Waals surface area contributed by atoms with Gasteiger partial charge in [-0.25, -0.2) is 0 Å². The molecule has 0 fully saturated rings. The van der Waals surface area contributed by atoms with Crippen molar-refractivity contribution in [3.05, 3.63) is 30.0 Å². The van der Waals surface area contributed by atoms with Crippen LogP contribution in [0.3, 0.4) is 0 Å².